The number of hydrogen-bond donors (Lipinski definition) is 1. The summed E-state index contributed by atoms with van der Waals surface area (Å²) in [6.07, 6.45) is 2.41. The van der Waals surface area contributed by atoms with Crippen LogP contribution in [-0.2, 0) is 24.2 Å². The fraction of sp³-hybridized carbons (Fsp3) is 0.500. The first kappa shape index (κ1) is 16.5. The molecule has 1 unspecified atom stereocenters. The number of nitrogens with zero attached hydrogens (tertiary/aromatic N) is 3. The second-order valence-corrected chi connectivity index (χ2v) is 6.07. The molecule has 1 atom stereocenters. The summed E-state index contributed by atoms with van der Waals surface area (Å²) in [4.78, 5) is 16.8. The molecule has 1 amide bonds. The van der Waals surface area contributed by atoms with Crippen LogP contribution >= 0.6 is 0 Å². The van der Waals surface area contributed by atoms with E-state index in [9.17, 15) is 4.79 Å². The maximum Gasteiger partial charge on any atom is 0.225 e. The molecular formula is C18H24N4O2. The number of hydrogen-bond acceptors (Lipinski definition) is 4. The first-order valence-corrected chi connectivity index (χ1v) is 8.56. The summed E-state index contributed by atoms with van der Waals surface area (Å²) in [7, 11) is 0. The summed E-state index contributed by atoms with van der Waals surface area (Å²) in [6, 6.07) is 7.97. The molecule has 6 nitrogen and oxygen atoms in total. The Morgan fingerprint density at radius 3 is 3.08 bits per heavy atom. The van der Waals surface area contributed by atoms with Crippen molar-refractivity contribution in [3.63, 3.8) is 0 Å². The van der Waals surface area contributed by atoms with Gasteiger partial charge in [-0.15, -0.1) is 0 Å². The van der Waals surface area contributed by atoms with Gasteiger partial charge in [-0.1, -0.05) is 18.2 Å². The summed E-state index contributed by atoms with van der Waals surface area (Å²) in [6.45, 7) is 5.74. The van der Waals surface area contributed by atoms with Crippen LogP contribution in [0.3, 0.4) is 0 Å². The van der Waals surface area contributed by atoms with Gasteiger partial charge in [0.05, 0.1) is 19.1 Å². The van der Waals surface area contributed by atoms with E-state index in [0.29, 0.717) is 19.7 Å². The quantitative estimate of drug-likeness (QED) is 0.879. The highest BCUT2D eigenvalue weighted by atomic mass is 16.5. The fourth-order valence-corrected chi connectivity index (χ4v) is 3.12. The lowest BCUT2D eigenvalue weighted by Gasteiger charge is -2.21. The van der Waals surface area contributed by atoms with Crippen LogP contribution in [0.2, 0.25) is 0 Å². The Kier molecular flexibility index (Phi) is 5.13. The zero-order valence-corrected chi connectivity index (χ0v) is 14.3. The first-order chi connectivity index (χ1) is 11.7. The Hall–Kier alpha value is -2.37. The molecule has 128 valence electrons. The largest absolute Gasteiger partial charge is 0.494 e. The van der Waals surface area contributed by atoms with Crippen molar-refractivity contribution in [3.05, 3.63) is 41.5 Å². The van der Waals surface area contributed by atoms with E-state index in [1.54, 1.807) is 0 Å². The van der Waals surface area contributed by atoms with E-state index >= 15 is 0 Å². The third-order valence-electron chi connectivity index (χ3n) is 4.30. The average Bonchev–Trinajstić information content (AvgIpc) is 2.95. The van der Waals surface area contributed by atoms with Gasteiger partial charge in [0, 0.05) is 13.0 Å². The minimum absolute atomic E-state index is 0.0271. The lowest BCUT2D eigenvalue weighted by Crippen LogP contribution is -2.37. The Balaban J connectivity index is 1.52. The molecule has 0 aliphatic carbocycles. The Morgan fingerprint density at radius 1 is 1.42 bits per heavy atom. The molecule has 1 aliphatic heterocycles. The fourth-order valence-electron chi connectivity index (χ4n) is 3.12. The van der Waals surface area contributed by atoms with Crippen molar-refractivity contribution < 1.29 is 9.53 Å². The van der Waals surface area contributed by atoms with E-state index in [1.807, 2.05) is 42.8 Å². The molecule has 2 aromatic rings. The standard InChI is InChI=1S/C18H24N4O2/c1-3-24-16-7-5-4-6-14(16)10-11-19-18(23)15-8-9-17-20-13(2)21-22(17)12-15/h4-7,15H,3,8-12H2,1-2H3,(H,19,23). The maximum atomic E-state index is 12.4. The third-order valence-corrected chi connectivity index (χ3v) is 4.30. The number of amides is 1. The van der Waals surface area contributed by atoms with Gasteiger partial charge in [0.1, 0.15) is 17.4 Å². The topological polar surface area (TPSA) is 69.0 Å². The van der Waals surface area contributed by atoms with Crippen molar-refractivity contribution in [2.24, 2.45) is 5.92 Å². The van der Waals surface area contributed by atoms with Crippen molar-refractivity contribution in [1.82, 2.24) is 20.1 Å². The number of carbonyl (C=O) groups excluding carboxylic acids is 1. The van der Waals surface area contributed by atoms with Crippen molar-refractivity contribution >= 4 is 5.91 Å². The van der Waals surface area contributed by atoms with Crippen molar-refractivity contribution in [3.8, 4) is 5.75 Å². The van der Waals surface area contributed by atoms with E-state index in [1.165, 1.54) is 0 Å². The first-order valence-electron chi connectivity index (χ1n) is 8.56. The molecule has 24 heavy (non-hydrogen) atoms. The molecule has 0 fully saturated rings. The van der Waals surface area contributed by atoms with Crippen molar-refractivity contribution in [2.45, 2.75) is 39.7 Å². The second kappa shape index (κ2) is 7.47. The Morgan fingerprint density at radius 2 is 2.25 bits per heavy atom. The van der Waals surface area contributed by atoms with Gasteiger partial charge in [0.15, 0.2) is 0 Å². The Bertz CT molecular complexity index is 711. The summed E-state index contributed by atoms with van der Waals surface area (Å²) in [5, 5.41) is 7.40. The molecule has 0 radical (unpaired) electrons. The van der Waals surface area contributed by atoms with Crippen LogP contribution in [0.15, 0.2) is 24.3 Å². The van der Waals surface area contributed by atoms with Gasteiger partial charge in [-0.2, -0.15) is 5.10 Å². The van der Waals surface area contributed by atoms with Gasteiger partial charge in [0.2, 0.25) is 5.91 Å². The molecule has 1 N–H and O–H groups in total. The number of aromatic nitrogens is 3. The van der Waals surface area contributed by atoms with E-state index < -0.39 is 0 Å². The molecule has 0 bridgehead atoms. The lowest BCUT2D eigenvalue weighted by molar-refractivity contribution is -0.126. The van der Waals surface area contributed by atoms with Crippen LogP contribution in [0.25, 0.3) is 0 Å². The highest BCUT2D eigenvalue weighted by molar-refractivity contribution is 5.78. The molecule has 2 heterocycles. The number of fused-ring (bicyclic) bond motifs is 1. The smallest absolute Gasteiger partial charge is 0.225 e. The van der Waals surface area contributed by atoms with Crippen LogP contribution in [0.1, 0.15) is 30.6 Å². The molecule has 1 aliphatic rings. The van der Waals surface area contributed by atoms with E-state index in [0.717, 1.165) is 42.2 Å². The lowest BCUT2D eigenvalue weighted by atomic mass is 9.99. The maximum absolute atomic E-state index is 12.4. The summed E-state index contributed by atoms with van der Waals surface area (Å²) in [5.41, 5.74) is 1.12. The SMILES string of the molecule is CCOc1ccccc1CCNC(=O)C1CCc2nc(C)nn2C1. The number of para-hydroxylation sites is 1. The molecule has 0 spiro atoms. The number of ether oxygens (including phenoxy) is 1. The number of benzene rings is 1. The number of nitrogens with one attached hydrogen (secondary N) is 1. The van der Waals surface area contributed by atoms with E-state index in [2.05, 4.69) is 15.4 Å². The zero-order valence-electron chi connectivity index (χ0n) is 14.3. The predicted molar refractivity (Wildman–Crippen MR) is 90.9 cm³/mol. The van der Waals surface area contributed by atoms with Gasteiger partial charge in [-0.05, 0) is 38.3 Å². The van der Waals surface area contributed by atoms with E-state index in [4.69, 9.17) is 4.74 Å². The molecule has 0 saturated heterocycles. The molecule has 1 aromatic heterocycles. The van der Waals surface area contributed by atoms with Crippen LogP contribution in [0.4, 0.5) is 0 Å². The minimum Gasteiger partial charge on any atom is -0.494 e. The van der Waals surface area contributed by atoms with Gasteiger partial charge in [-0.25, -0.2) is 9.67 Å². The second-order valence-electron chi connectivity index (χ2n) is 6.07. The van der Waals surface area contributed by atoms with E-state index in [-0.39, 0.29) is 11.8 Å². The molecule has 0 saturated carbocycles. The Labute approximate surface area is 142 Å². The van der Waals surface area contributed by atoms with Crippen LogP contribution < -0.4 is 10.1 Å². The highest BCUT2D eigenvalue weighted by Gasteiger charge is 2.26. The van der Waals surface area contributed by atoms with Crippen molar-refractivity contribution in [1.29, 1.82) is 0 Å². The monoisotopic (exact) mass is 328 g/mol. The van der Waals surface area contributed by atoms with Crippen LogP contribution in [-0.4, -0.2) is 33.8 Å². The molecule has 6 heteroatoms. The minimum atomic E-state index is -0.0271. The van der Waals surface area contributed by atoms with Gasteiger partial charge >= 0.3 is 0 Å². The summed E-state index contributed by atoms with van der Waals surface area (Å²) < 4.78 is 7.49. The number of rotatable bonds is 6. The number of carbonyl (C=O) groups is 1. The molecular weight excluding hydrogens is 304 g/mol. The summed E-state index contributed by atoms with van der Waals surface area (Å²) >= 11 is 0. The van der Waals surface area contributed by atoms with Crippen molar-refractivity contribution in [2.75, 3.05) is 13.2 Å². The predicted octanol–water partition coefficient (Wildman–Crippen LogP) is 1.91. The molecule has 3 rings (SSSR count). The van der Waals surface area contributed by atoms with Gasteiger partial charge in [0.25, 0.3) is 0 Å². The third kappa shape index (κ3) is 3.75. The van der Waals surface area contributed by atoms with Gasteiger partial charge in [-0.3, -0.25) is 4.79 Å². The average molecular weight is 328 g/mol. The highest BCUT2D eigenvalue weighted by Crippen LogP contribution is 2.20. The van der Waals surface area contributed by atoms with Crippen LogP contribution in [0.5, 0.6) is 5.75 Å². The van der Waals surface area contributed by atoms with Gasteiger partial charge < -0.3 is 10.1 Å². The van der Waals surface area contributed by atoms with Crippen LogP contribution in [0, 0.1) is 12.8 Å². The zero-order chi connectivity index (χ0) is 16.9. The molecule has 1 aromatic carbocycles. The summed E-state index contributed by atoms with van der Waals surface area (Å²) in [5.74, 6) is 2.74. The normalized spacial score (nSPS) is 16.5. The number of aryl methyl sites for hydroxylation is 2.